The topological polar surface area (TPSA) is 72.2 Å². The van der Waals surface area contributed by atoms with Crippen molar-refractivity contribution in [2.75, 3.05) is 11.4 Å². The first-order valence-corrected chi connectivity index (χ1v) is 6.30. The van der Waals surface area contributed by atoms with Gasteiger partial charge in [0.25, 0.3) is 0 Å². The lowest BCUT2D eigenvalue weighted by molar-refractivity contribution is -0.384. The molecule has 1 aromatic heterocycles. The minimum Gasteiger partial charge on any atom is -0.348 e. The Hall–Kier alpha value is -1.43. The summed E-state index contributed by atoms with van der Waals surface area (Å²) in [6.07, 6.45) is 3.18. The highest BCUT2D eigenvalue weighted by atomic mass is 35.5. The van der Waals surface area contributed by atoms with E-state index >= 15 is 0 Å². The van der Waals surface area contributed by atoms with Crippen molar-refractivity contribution >= 4 is 23.1 Å². The summed E-state index contributed by atoms with van der Waals surface area (Å²) in [5, 5.41) is 11.0. The molecule has 6 nitrogen and oxygen atoms in total. The molecule has 0 aromatic carbocycles. The first kappa shape index (κ1) is 13.0. The van der Waals surface area contributed by atoms with Crippen LogP contribution in [0.15, 0.2) is 6.20 Å². The largest absolute Gasteiger partial charge is 0.348 e. The summed E-state index contributed by atoms with van der Waals surface area (Å²) in [7, 11) is 0. The Labute approximate surface area is 110 Å². The maximum atomic E-state index is 11.0. The van der Waals surface area contributed by atoms with Crippen LogP contribution < -0.4 is 4.90 Å². The van der Waals surface area contributed by atoms with Crippen molar-refractivity contribution in [3.63, 3.8) is 0 Å². The molecule has 2 heterocycles. The number of hydrogen-bond donors (Lipinski definition) is 0. The van der Waals surface area contributed by atoms with Gasteiger partial charge in [0.05, 0.1) is 4.92 Å². The average molecular weight is 271 g/mol. The Morgan fingerprint density at radius 3 is 2.89 bits per heavy atom. The van der Waals surface area contributed by atoms with Crippen molar-refractivity contribution in [1.82, 2.24) is 9.97 Å². The van der Waals surface area contributed by atoms with E-state index in [9.17, 15) is 10.1 Å². The number of nitro groups is 1. The van der Waals surface area contributed by atoms with Crippen LogP contribution in [0, 0.1) is 16.0 Å². The van der Waals surface area contributed by atoms with Crippen molar-refractivity contribution in [2.24, 2.45) is 5.92 Å². The highest BCUT2D eigenvalue weighted by Gasteiger charge is 2.29. The van der Waals surface area contributed by atoms with Gasteiger partial charge in [-0.2, -0.15) is 4.98 Å². The molecule has 2 atom stereocenters. The van der Waals surface area contributed by atoms with Gasteiger partial charge in [-0.3, -0.25) is 10.1 Å². The number of piperidine rings is 1. The van der Waals surface area contributed by atoms with E-state index in [-0.39, 0.29) is 17.0 Å². The van der Waals surface area contributed by atoms with Gasteiger partial charge in [-0.1, -0.05) is 6.92 Å². The van der Waals surface area contributed by atoms with Gasteiger partial charge in [0.2, 0.25) is 11.1 Å². The monoisotopic (exact) mass is 270 g/mol. The minimum absolute atomic E-state index is 0.0430. The molecule has 0 bridgehead atoms. The average Bonchev–Trinajstić information content (AvgIpc) is 2.28. The summed E-state index contributed by atoms with van der Waals surface area (Å²) in [6.45, 7) is 5.00. The Morgan fingerprint density at radius 2 is 2.28 bits per heavy atom. The molecule has 0 amide bonds. The molecule has 18 heavy (non-hydrogen) atoms. The van der Waals surface area contributed by atoms with E-state index in [1.54, 1.807) is 0 Å². The lowest BCUT2D eigenvalue weighted by Gasteiger charge is -2.36. The fourth-order valence-corrected chi connectivity index (χ4v) is 2.54. The standard InChI is InChI=1S/C11H15ClN4O2/c1-7-3-4-15(8(2)5-7)10-9(16(17)18)6-13-11(12)14-10/h6-8H,3-5H2,1-2H3. The molecule has 2 unspecified atom stereocenters. The van der Waals surface area contributed by atoms with Crippen LogP contribution in [-0.4, -0.2) is 27.5 Å². The van der Waals surface area contributed by atoms with Crippen molar-refractivity contribution in [2.45, 2.75) is 32.7 Å². The van der Waals surface area contributed by atoms with Crippen LogP contribution in [0.2, 0.25) is 5.28 Å². The molecule has 1 fully saturated rings. The molecule has 1 aliphatic heterocycles. The molecular formula is C11H15ClN4O2. The molecule has 1 saturated heterocycles. The lowest BCUT2D eigenvalue weighted by atomic mass is 9.93. The molecular weight excluding hydrogens is 256 g/mol. The minimum atomic E-state index is -0.462. The third-order valence-corrected chi connectivity index (χ3v) is 3.51. The lowest BCUT2D eigenvalue weighted by Crippen LogP contribution is -2.41. The van der Waals surface area contributed by atoms with Crippen LogP contribution in [0.3, 0.4) is 0 Å². The van der Waals surface area contributed by atoms with E-state index in [2.05, 4.69) is 23.8 Å². The second kappa shape index (κ2) is 5.06. The highest BCUT2D eigenvalue weighted by molar-refractivity contribution is 6.28. The molecule has 0 N–H and O–H groups in total. The first-order valence-electron chi connectivity index (χ1n) is 5.92. The second-order valence-electron chi connectivity index (χ2n) is 4.78. The van der Waals surface area contributed by atoms with Crippen molar-refractivity contribution in [3.8, 4) is 0 Å². The molecule has 1 aromatic rings. The molecule has 0 aliphatic carbocycles. The first-order chi connectivity index (χ1) is 8.49. The normalized spacial score (nSPS) is 24.1. The summed E-state index contributed by atoms with van der Waals surface area (Å²) in [5.41, 5.74) is -0.0826. The number of anilines is 1. The van der Waals surface area contributed by atoms with Crippen LogP contribution in [0.1, 0.15) is 26.7 Å². The summed E-state index contributed by atoms with van der Waals surface area (Å²) in [5.74, 6) is 0.965. The smallest absolute Gasteiger partial charge is 0.329 e. The predicted octanol–water partition coefficient (Wildman–Crippen LogP) is 2.66. The van der Waals surface area contributed by atoms with Gasteiger partial charge in [0.15, 0.2) is 0 Å². The molecule has 0 spiro atoms. The fourth-order valence-electron chi connectivity index (χ4n) is 2.41. The Morgan fingerprint density at radius 1 is 1.56 bits per heavy atom. The van der Waals surface area contributed by atoms with E-state index in [1.165, 1.54) is 6.20 Å². The zero-order valence-electron chi connectivity index (χ0n) is 10.3. The maximum absolute atomic E-state index is 11.0. The molecule has 2 rings (SSSR count). The third-order valence-electron chi connectivity index (χ3n) is 3.33. The maximum Gasteiger partial charge on any atom is 0.329 e. The van der Waals surface area contributed by atoms with Crippen molar-refractivity contribution in [3.05, 3.63) is 21.6 Å². The van der Waals surface area contributed by atoms with E-state index in [1.807, 2.05) is 4.90 Å². The van der Waals surface area contributed by atoms with Crippen LogP contribution in [0.5, 0.6) is 0 Å². The number of rotatable bonds is 2. The van der Waals surface area contributed by atoms with Crippen molar-refractivity contribution in [1.29, 1.82) is 0 Å². The van der Waals surface area contributed by atoms with Crippen LogP contribution in [0.4, 0.5) is 11.5 Å². The fraction of sp³-hybridized carbons (Fsp3) is 0.636. The highest BCUT2D eigenvalue weighted by Crippen LogP contribution is 2.32. The van der Waals surface area contributed by atoms with Crippen molar-refractivity contribution < 1.29 is 4.92 Å². The van der Waals surface area contributed by atoms with Crippen LogP contribution in [0.25, 0.3) is 0 Å². The van der Waals surface area contributed by atoms with Gasteiger partial charge in [0.1, 0.15) is 6.20 Å². The summed E-state index contributed by atoms with van der Waals surface area (Å²) in [6, 6.07) is 0.221. The Bertz CT molecular complexity index is 468. The zero-order chi connectivity index (χ0) is 13.3. The van der Waals surface area contributed by atoms with Gasteiger partial charge < -0.3 is 4.90 Å². The van der Waals surface area contributed by atoms with Crippen LogP contribution >= 0.6 is 11.6 Å². The third kappa shape index (κ3) is 2.53. The molecule has 7 heteroatoms. The Balaban J connectivity index is 2.37. The summed E-state index contributed by atoms with van der Waals surface area (Å²) >= 11 is 5.75. The van der Waals surface area contributed by atoms with Gasteiger partial charge in [0, 0.05) is 12.6 Å². The number of hydrogen-bond acceptors (Lipinski definition) is 5. The van der Waals surface area contributed by atoms with E-state index in [4.69, 9.17) is 11.6 Å². The summed E-state index contributed by atoms with van der Waals surface area (Å²) in [4.78, 5) is 20.2. The SMILES string of the molecule is CC1CCN(c2nc(Cl)ncc2[N+](=O)[O-])C(C)C1. The zero-order valence-corrected chi connectivity index (χ0v) is 11.1. The van der Waals surface area contributed by atoms with Crippen LogP contribution in [-0.2, 0) is 0 Å². The quantitative estimate of drug-likeness (QED) is 0.469. The molecule has 98 valence electrons. The molecule has 1 aliphatic rings. The van der Waals surface area contributed by atoms with E-state index in [0.717, 1.165) is 19.4 Å². The van der Waals surface area contributed by atoms with E-state index in [0.29, 0.717) is 11.7 Å². The number of nitrogens with zero attached hydrogens (tertiary/aromatic N) is 4. The molecule has 0 saturated carbocycles. The molecule has 0 radical (unpaired) electrons. The van der Waals surface area contributed by atoms with Gasteiger partial charge >= 0.3 is 5.69 Å². The second-order valence-corrected chi connectivity index (χ2v) is 5.12. The van der Waals surface area contributed by atoms with E-state index < -0.39 is 4.92 Å². The van der Waals surface area contributed by atoms with Gasteiger partial charge in [-0.15, -0.1) is 0 Å². The van der Waals surface area contributed by atoms with Gasteiger partial charge in [-0.25, -0.2) is 4.98 Å². The Kier molecular flexibility index (Phi) is 3.65. The summed E-state index contributed by atoms with van der Waals surface area (Å²) < 4.78 is 0. The van der Waals surface area contributed by atoms with Gasteiger partial charge in [-0.05, 0) is 37.3 Å². The number of aromatic nitrogens is 2. The number of halogens is 1. The predicted molar refractivity (Wildman–Crippen MR) is 68.9 cm³/mol.